The van der Waals surface area contributed by atoms with E-state index in [4.69, 9.17) is 16.2 Å². The summed E-state index contributed by atoms with van der Waals surface area (Å²) in [5.41, 5.74) is 0. The molecular formula is C6H5ClO3STl. The van der Waals surface area contributed by atoms with Crippen molar-refractivity contribution in [1.82, 2.24) is 0 Å². The minimum atomic E-state index is -4.17. The molecular weight excluding hydrogens is 392 g/mol. The first-order valence-corrected chi connectivity index (χ1v) is 4.55. The van der Waals surface area contributed by atoms with Crippen LogP contribution in [-0.4, -0.2) is 40.3 Å². The monoisotopic (exact) mass is 397 g/mol. The molecule has 1 radical (unpaired) electrons. The van der Waals surface area contributed by atoms with Gasteiger partial charge < -0.3 is 0 Å². The van der Waals surface area contributed by atoms with E-state index in [1.165, 1.54) is 18.2 Å². The van der Waals surface area contributed by atoms with Gasteiger partial charge in [0.2, 0.25) is 0 Å². The standard InChI is InChI=1S/C6H5ClO3S.Tl/c7-5-3-1-2-4-6(5)11(8,9)10;/h1-4H,(H,8,9,10);. The Bertz CT molecular complexity index is 363. The molecule has 6 heteroatoms. The minimum Gasteiger partial charge on any atom is -0.282 e. The summed E-state index contributed by atoms with van der Waals surface area (Å²) in [4.78, 5) is -0.262. The molecule has 63 valence electrons. The van der Waals surface area contributed by atoms with E-state index >= 15 is 0 Å². The Labute approximate surface area is 95.6 Å². The van der Waals surface area contributed by atoms with Crippen molar-refractivity contribution in [2.75, 3.05) is 0 Å². The van der Waals surface area contributed by atoms with Crippen LogP contribution in [0.1, 0.15) is 0 Å². The zero-order valence-corrected chi connectivity index (χ0v) is 12.0. The van der Waals surface area contributed by atoms with E-state index in [0.717, 1.165) is 0 Å². The first kappa shape index (κ1) is 12.3. The van der Waals surface area contributed by atoms with Crippen molar-refractivity contribution in [2.45, 2.75) is 4.90 Å². The van der Waals surface area contributed by atoms with Gasteiger partial charge in [-0.15, -0.1) is 0 Å². The number of hydrogen-bond donors (Lipinski definition) is 1. The Hall–Kier alpha value is 0.342. The van der Waals surface area contributed by atoms with E-state index in [1.54, 1.807) is 6.07 Å². The van der Waals surface area contributed by atoms with Gasteiger partial charge in [-0.25, -0.2) is 0 Å². The molecule has 0 amide bonds. The zero-order valence-electron chi connectivity index (χ0n) is 5.94. The molecule has 1 N–H and O–H groups in total. The predicted molar refractivity (Wildman–Crippen MR) is 47.0 cm³/mol. The van der Waals surface area contributed by atoms with Crippen molar-refractivity contribution >= 4 is 49.0 Å². The Balaban J connectivity index is 0.00000121. The second kappa shape index (κ2) is 4.54. The Kier molecular flexibility index (Phi) is 4.67. The quantitative estimate of drug-likeness (QED) is 0.573. The summed E-state index contributed by atoms with van der Waals surface area (Å²) in [6.45, 7) is 0. The average molecular weight is 397 g/mol. The third kappa shape index (κ3) is 3.00. The van der Waals surface area contributed by atoms with Gasteiger partial charge in [-0.2, -0.15) is 8.42 Å². The van der Waals surface area contributed by atoms with Crippen LogP contribution in [0.15, 0.2) is 29.2 Å². The topological polar surface area (TPSA) is 54.4 Å². The third-order valence-electron chi connectivity index (χ3n) is 1.11. The zero-order chi connectivity index (χ0) is 8.48. The van der Waals surface area contributed by atoms with Crippen molar-refractivity contribution in [3.05, 3.63) is 29.3 Å². The van der Waals surface area contributed by atoms with Crippen molar-refractivity contribution in [3.63, 3.8) is 0 Å². The van der Waals surface area contributed by atoms with Gasteiger partial charge in [-0.05, 0) is 12.1 Å². The van der Waals surface area contributed by atoms with Gasteiger partial charge in [-0.3, -0.25) is 4.55 Å². The summed E-state index contributed by atoms with van der Waals surface area (Å²) < 4.78 is 29.6. The predicted octanol–water partition coefficient (Wildman–Crippen LogP) is 1.21. The maximum Gasteiger partial charge on any atom is 0.296 e. The molecule has 0 saturated heterocycles. The Morgan fingerprint density at radius 3 is 2.08 bits per heavy atom. The minimum absolute atomic E-state index is 0. The van der Waals surface area contributed by atoms with E-state index in [2.05, 4.69) is 0 Å². The van der Waals surface area contributed by atoms with E-state index < -0.39 is 10.1 Å². The molecule has 3 nitrogen and oxygen atoms in total. The van der Waals surface area contributed by atoms with Gasteiger partial charge in [0.15, 0.2) is 0 Å². The van der Waals surface area contributed by atoms with E-state index in [9.17, 15) is 8.42 Å². The molecule has 1 aromatic rings. The van der Waals surface area contributed by atoms with Crippen LogP contribution in [0, 0.1) is 0 Å². The van der Waals surface area contributed by atoms with Gasteiger partial charge in [0.05, 0.1) is 5.02 Å². The molecule has 12 heavy (non-hydrogen) atoms. The Morgan fingerprint density at radius 1 is 1.25 bits per heavy atom. The van der Waals surface area contributed by atoms with Crippen LogP contribution in [-0.2, 0) is 10.1 Å². The van der Waals surface area contributed by atoms with Crippen LogP contribution >= 0.6 is 11.6 Å². The molecule has 0 atom stereocenters. The summed E-state index contributed by atoms with van der Waals surface area (Å²) in [6.07, 6.45) is 0. The van der Waals surface area contributed by atoms with Crippen LogP contribution in [0.3, 0.4) is 0 Å². The fraction of sp³-hybridized carbons (Fsp3) is 0. The molecule has 0 heterocycles. The summed E-state index contributed by atoms with van der Waals surface area (Å²) >= 11 is 5.47. The van der Waals surface area contributed by atoms with Crippen molar-refractivity contribution < 1.29 is 13.0 Å². The molecule has 0 spiro atoms. The maximum atomic E-state index is 10.5. The third-order valence-corrected chi connectivity index (χ3v) is 2.47. The van der Waals surface area contributed by atoms with Crippen LogP contribution in [0.5, 0.6) is 0 Å². The number of hydrogen-bond acceptors (Lipinski definition) is 2. The summed E-state index contributed by atoms with van der Waals surface area (Å²) in [5, 5.41) is 0.0231. The van der Waals surface area contributed by atoms with E-state index in [-0.39, 0.29) is 37.2 Å². The van der Waals surface area contributed by atoms with Crippen LogP contribution < -0.4 is 0 Å². The smallest absolute Gasteiger partial charge is 0.282 e. The summed E-state index contributed by atoms with van der Waals surface area (Å²) in [5.74, 6) is 0. The number of rotatable bonds is 1. The molecule has 0 aliphatic carbocycles. The molecule has 1 rings (SSSR count). The molecule has 0 aromatic heterocycles. The maximum absolute atomic E-state index is 10.5. The normalized spacial score (nSPS) is 10.5. The molecule has 1 aromatic carbocycles. The fourth-order valence-corrected chi connectivity index (χ4v) is 1.65. The molecule has 0 unspecified atom stereocenters. The second-order valence-corrected chi connectivity index (χ2v) is 3.70. The van der Waals surface area contributed by atoms with E-state index in [0.29, 0.717) is 0 Å². The number of halogens is 1. The van der Waals surface area contributed by atoms with Crippen molar-refractivity contribution in [1.29, 1.82) is 0 Å². The molecule has 0 saturated carbocycles. The van der Waals surface area contributed by atoms with Gasteiger partial charge in [0.25, 0.3) is 10.1 Å². The van der Waals surface area contributed by atoms with Crippen molar-refractivity contribution in [3.8, 4) is 0 Å². The Morgan fingerprint density at radius 2 is 1.75 bits per heavy atom. The molecule has 0 fully saturated rings. The number of benzene rings is 1. The first-order chi connectivity index (χ1) is 5.02. The molecule has 0 aliphatic heterocycles. The van der Waals surface area contributed by atoms with Gasteiger partial charge in [-0.1, -0.05) is 23.7 Å². The van der Waals surface area contributed by atoms with E-state index in [1.807, 2.05) is 0 Å². The summed E-state index contributed by atoms with van der Waals surface area (Å²) in [7, 11) is -4.17. The summed E-state index contributed by atoms with van der Waals surface area (Å²) in [6, 6.07) is 5.69. The molecule has 0 aliphatic rings. The van der Waals surface area contributed by atoms with Crippen LogP contribution in [0.25, 0.3) is 0 Å². The van der Waals surface area contributed by atoms with Crippen LogP contribution in [0.4, 0.5) is 0 Å². The van der Waals surface area contributed by atoms with Crippen molar-refractivity contribution in [2.24, 2.45) is 0 Å². The largest absolute Gasteiger partial charge is 0.296 e. The fourth-order valence-electron chi connectivity index (χ4n) is 0.654. The van der Waals surface area contributed by atoms with Gasteiger partial charge in [0.1, 0.15) is 4.90 Å². The van der Waals surface area contributed by atoms with Gasteiger partial charge in [0, 0.05) is 27.3 Å². The van der Waals surface area contributed by atoms with Crippen LogP contribution in [0.2, 0.25) is 5.02 Å². The molecule has 0 bridgehead atoms. The first-order valence-electron chi connectivity index (χ1n) is 2.74. The SMILES string of the molecule is O=S(=O)(O)c1ccccc1Cl.[Tl]. The second-order valence-electron chi connectivity index (χ2n) is 1.91. The average Bonchev–Trinajstić information content (AvgIpc) is 1.86. The van der Waals surface area contributed by atoms with Gasteiger partial charge >= 0.3 is 0 Å².